The molecule has 0 aromatic rings. The Morgan fingerprint density at radius 3 is 2.39 bits per heavy atom. The summed E-state index contributed by atoms with van der Waals surface area (Å²) in [5.74, 6) is -0.297. The van der Waals surface area contributed by atoms with Gasteiger partial charge in [0, 0.05) is 19.0 Å². The van der Waals surface area contributed by atoms with E-state index >= 15 is 0 Å². The highest BCUT2D eigenvalue weighted by molar-refractivity contribution is 5.74. The van der Waals surface area contributed by atoms with Crippen molar-refractivity contribution < 1.29 is 14.7 Å². The maximum absolute atomic E-state index is 11.5. The molecule has 0 aliphatic heterocycles. The van der Waals surface area contributed by atoms with Crippen LogP contribution < -0.4 is 10.6 Å². The number of carbonyl (C=O) groups is 2. The maximum Gasteiger partial charge on any atom is 0.315 e. The normalized spacial score (nSPS) is 13.7. The van der Waals surface area contributed by atoms with Crippen molar-refractivity contribution >= 4 is 12.0 Å². The second-order valence-corrected chi connectivity index (χ2v) is 4.78. The molecule has 0 rings (SSSR count). The largest absolute Gasteiger partial charge is 0.481 e. The number of carbonyl (C=O) groups excluding carboxylic acids is 1. The Hall–Kier alpha value is -1.26. The minimum atomic E-state index is -0.761. The summed E-state index contributed by atoms with van der Waals surface area (Å²) < 4.78 is 0. The van der Waals surface area contributed by atoms with Gasteiger partial charge in [0.2, 0.25) is 0 Å². The Bertz CT molecular complexity index is 257. The number of rotatable bonds is 9. The number of hydrogen-bond acceptors (Lipinski definition) is 2. The monoisotopic (exact) mass is 258 g/mol. The van der Waals surface area contributed by atoms with Crippen LogP contribution in [-0.4, -0.2) is 29.7 Å². The molecule has 5 nitrogen and oxygen atoms in total. The predicted molar refractivity (Wildman–Crippen MR) is 71.6 cm³/mol. The number of carboxylic acid groups (broad SMARTS) is 1. The summed E-state index contributed by atoms with van der Waals surface area (Å²) in [5, 5.41) is 14.1. The van der Waals surface area contributed by atoms with Crippen molar-refractivity contribution in [3.8, 4) is 0 Å². The molecule has 0 aromatic carbocycles. The van der Waals surface area contributed by atoms with Gasteiger partial charge in [-0.25, -0.2) is 4.79 Å². The molecular formula is C13H26N2O3. The van der Waals surface area contributed by atoms with Gasteiger partial charge in [0.05, 0.1) is 0 Å². The number of amides is 2. The highest BCUT2D eigenvalue weighted by Gasteiger charge is 2.12. The topological polar surface area (TPSA) is 78.4 Å². The van der Waals surface area contributed by atoms with Gasteiger partial charge in [0.1, 0.15) is 0 Å². The third-order valence-corrected chi connectivity index (χ3v) is 3.21. The van der Waals surface area contributed by atoms with Crippen LogP contribution in [0.3, 0.4) is 0 Å². The van der Waals surface area contributed by atoms with Crippen molar-refractivity contribution in [1.82, 2.24) is 10.6 Å². The molecule has 0 bridgehead atoms. The van der Waals surface area contributed by atoms with E-state index in [-0.39, 0.29) is 18.5 Å². The van der Waals surface area contributed by atoms with Gasteiger partial charge < -0.3 is 15.7 Å². The zero-order valence-electron chi connectivity index (χ0n) is 11.7. The van der Waals surface area contributed by atoms with Crippen LogP contribution in [0.4, 0.5) is 4.79 Å². The molecule has 0 aliphatic carbocycles. The summed E-state index contributed by atoms with van der Waals surface area (Å²) >= 11 is 0. The molecule has 18 heavy (non-hydrogen) atoms. The summed E-state index contributed by atoms with van der Waals surface area (Å²) in [4.78, 5) is 21.8. The molecule has 0 spiro atoms. The minimum absolute atomic E-state index is 0.138. The van der Waals surface area contributed by atoms with E-state index in [1.807, 2.05) is 6.92 Å². The van der Waals surface area contributed by atoms with Crippen LogP contribution in [0.25, 0.3) is 0 Å². The Morgan fingerprint density at radius 1 is 1.17 bits per heavy atom. The van der Waals surface area contributed by atoms with Gasteiger partial charge in [-0.05, 0) is 25.7 Å². The molecule has 106 valence electrons. The quantitative estimate of drug-likeness (QED) is 0.555. The average Bonchev–Trinajstić information content (AvgIpc) is 2.31. The molecule has 0 radical (unpaired) electrons. The average molecular weight is 258 g/mol. The number of unbranched alkanes of at least 4 members (excludes halogenated alkanes) is 2. The number of aliphatic carboxylic acids is 1. The molecule has 2 unspecified atom stereocenters. The Kier molecular flexibility index (Phi) is 9.06. The fourth-order valence-electron chi connectivity index (χ4n) is 1.53. The van der Waals surface area contributed by atoms with Crippen molar-refractivity contribution in [3.05, 3.63) is 0 Å². The van der Waals surface area contributed by atoms with Crippen molar-refractivity contribution in [1.29, 1.82) is 0 Å². The first-order chi connectivity index (χ1) is 8.47. The zero-order chi connectivity index (χ0) is 14.0. The van der Waals surface area contributed by atoms with Gasteiger partial charge in [0.25, 0.3) is 0 Å². The van der Waals surface area contributed by atoms with E-state index in [1.165, 1.54) is 0 Å². The smallest absolute Gasteiger partial charge is 0.315 e. The Morgan fingerprint density at radius 2 is 1.83 bits per heavy atom. The molecule has 0 heterocycles. The highest BCUT2D eigenvalue weighted by Crippen LogP contribution is 2.06. The second kappa shape index (κ2) is 9.74. The molecule has 0 aromatic heterocycles. The lowest BCUT2D eigenvalue weighted by Crippen LogP contribution is -2.43. The number of hydrogen-bond donors (Lipinski definition) is 3. The van der Waals surface area contributed by atoms with E-state index < -0.39 is 5.97 Å². The predicted octanol–water partition coefficient (Wildman–Crippen LogP) is 2.37. The van der Waals surface area contributed by atoms with E-state index in [2.05, 4.69) is 24.5 Å². The summed E-state index contributed by atoms with van der Waals surface area (Å²) in [6, 6.07) is 0.0306. The van der Waals surface area contributed by atoms with E-state index in [0.29, 0.717) is 18.9 Å². The van der Waals surface area contributed by atoms with Gasteiger partial charge in [-0.3, -0.25) is 4.79 Å². The molecule has 0 saturated carbocycles. The summed E-state index contributed by atoms with van der Waals surface area (Å²) in [7, 11) is 0. The van der Waals surface area contributed by atoms with Crippen LogP contribution >= 0.6 is 0 Å². The maximum atomic E-state index is 11.5. The Balaban J connectivity index is 3.50. The Labute approximate surface area is 109 Å². The number of nitrogens with one attached hydrogen (secondary N) is 2. The van der Waals surface area contributed by atoms with Crippen molar-refractivity contribution in [2.75, 3.05) is 6.54 Å². The lowest BCUT2D eigenvalue weighted by molar-refractivity contribution is -0.137. The van der Waals surface area contributed by atoms with Gasteiger partial charge in [-0.1, -0.05) is 26.7 Å². The SMILES string of the molecule is CCC(C)C(C)NC(=O)NCCCCCC(=O)O. The fraction of sp³-hybridized carbons (Fsp3) is 0.846. The van der Waals surface area contributed by atoms with Crippen molar-refractivity contribution in [3.63, 3.8) is 0 Å². The summed E-state index contributed by atoms with van der Waals surface area (Å²) in [6.07, 6.45) is 3.56. The lowest BCUT2D eigenvalue weighted by Gasteiger charge is -2.20. The fourth-order valence-corrected chi connectivity index (χ4v) is 1.53. The molecule has 5 heteroatoms. The standard InChI is InChI=1S/C13H26N2O3/c1-4-10(2)11(3)15-13(18)14-9-7-5-6-8-12(16)17/h10-11H,4-9H2,1-3H3,(H,16,17)(H2,14,15,18). The first kappa shape index (κ1) is 16.7. The molecule has 3 N–H and O–H groups in total. The number of carboxylic acids is 1. The third kappa shape index (κ3) is 8.84. The van der Waals surface area contributed by atoms with E-state index in [1.54, 1.807) is 0 Å². The van der Waals surface area contributed by atoms with Crippen molar-refractivity contribution in [2.24, 2.45) is 5.92 Å². The molecular weight excluding hydrogens is 232 g/mol. The minimum Gasteiger partial charge on any atom is -0.481 e. The van der Waals surface area contributed by atoms with Crippen molar-refractivity contribution in [2.45, 2.75) is 58.9 Å². The molecule has 0 saturated heterocycles. The summed E-state index contributed by atoms with van der Waals surface area (Å²) in [6.45, 7) is 6.80. The second-order valence-electron chi connectivity index (χ2n) is 4.78. The van der Waals surface area contributed by atoms with E-state index in [0.717, 1.165) is 19.3 Å². The first-order valence-electron chi connectivity index (χ1n) is 6.73. The van der Waals surface area contributed by atoms with Crippen LogP contribution in [-0.2, 0) is 4.79 Å². The van der Waals surface area contributed by atoms with Gasteiger partial charge in [0.15, 0.2) is 0 Å². The third-order valence-electron chi connectivity index (χ3n) is 3.21. The van der Waals surface area contributed by atoms with Gasteiger partial charge in [-0.15, -0.1) is 0 Å². The van der Waals surface area contributed by atoms with Crippen LogP contribution in [0, 0.1) is 5.92 Å². The van der Waals surface area contributed by atoms with Crippen LogP contribution in [0.2, 0.25) is 0 Å². The zero-order valence-corrected chi connectivity index (χ0v) is 11.7. The first-order valence-corrected chi connectivity index (χ1v) is 6.73. The summed E-state index contributed by atoms with van der Waals surface area (Å²) in [5.41, 5.74) is 0. The van der Waals surface area contributed by atoms with E-state index in [4.69, 9.17) is 5.11 Å². The van der Waals surface area contributed by atoms with Crippen LogP contribution in [0.5, 0.6) is 0 Å². The van der Waals surface area contributed by atoms with E-state index in [9.17, 15) is 9.59 Å². The van der Waals surface area contributed by atoms with Crippen LogP contribution in [0.15, 0.2) is 0 Å². The van der Waals surface area contributed by atoms with Gasteiger partial charge in [-0.2, -0.15) is 0 Å². The molecule has 0 aliphatic rings. The molecule has 2 amide bonds. The molecule has 0 fully saturated rings. The highest BCUT2D eigenvalue weighted by atomic mass is 16.4. The lowest BCUT2D eigenvalue weighted by atomic mass is 10.0. The molecule has 2 atom stereocenters. The number of urea groups is 1. The van der Waals surface area contributed by atoms with Crippen LogP contribution in [0.1, 0.15) is 52.9 Å². The van der Waals surface area contributed by atoms with Gasteiger partial charge >= 0.3 is 12.0 Å².